The summed E-state index contributed by atoms with van der Waals surface area (Å²) in [6, 6.07) is 8.78. The maximum absolute atomic E-state index is 5.88. The van der Waals surface area contributed by atoms with Gasteiger partial charge in [-0.15, -0.1) is 10.2 Å². The number of benzene rings is 1. The second kappa shape index (κ2) is 5.89. The number of nitrogens with zero attached hydrogens (tertiary/aromatic N) is 2. The van der Waals surface area contributed by atoms with Crippen molar-refractivity contribution < 1.29 is 9.47 Å². The van der Waals surface area contributed by atoms with Crippen LogP contribution in [0.2, 0.25) is 10.3 Å². The molecule has 6 heteroatoms. The number of hydrogen-bond donors (Lipinski definition) is 0. The molecule has 0 amide bonds. The molecule has 1 aromatic carbocycles. The van der Waals surface area contributed by atoms with Crippen LogP contribution in [-0.2, 0) is 0 Å². The Labute approximate surface area is 114 Å². The van der Waals surface area contributed by atoms with Crippen LogP contribution in [-0.4, -0.2) is 16.8 Å². The van der Waals surface area contributed by atoms with Crippen molar-refractivity contribution in [3.63, 3.8) is 0 Å². The summed E-state index contributed by atoms with van der Waals surface area (Å²) in [6.07, 6.45) is 0. The van der Waals surface area contributed by atoms with Crippen molar-refractivity contribution in [1.82, 2.24) is 10.2 Å². The van der Waals surface area contributed by atoms with Crippen LogP contribution in [0.1, 0.15) is 6.92 Å². The van der Waals surface area contributed by atoms with E-state index in [-0.39, 0.29) is 10.3 Å². The van der Waals surface area contributed by atoms with Crippen LogP contribution in [0.5, 0.6) is 17.2 Å². The van der Waals surface area contributed by atoms with E-state index in [1.54, 1.807) is 6.07 Å². The first-order chi connectivity index (χ1) is 8.70. The third-order valence-electron chi connectivity index (χ3n) is 2.06. The molecule has 0 atom stereocenters. The van der Waals surface area contributed by atoms with Gasteiger partial charge in [0.25, 0.3) is 0 Å². The molecule has 0 saturated carbocycles. The summed E-state index contributed by atoms with van der Waals surface area (Å²) in [5.74, 6) is 1.51. The van der Waals surface area contributed by atoms with Crippen LogP contribution < -0.4 is 9.47 Å². The number of rotatable bonds is 4. The van der Waals surface area contributed by atoms with Gasteiger partial charge in [-0.1, -0.05) is 35.3 Å². The topological polar surface area (TPSA) is 44.2 Å². The molecule has 2 rings (SSSR count). The molecule has 0 saturated heterocycles. The number of aromatic nitrogens is 2. The van der Waals surface area contributed by atoms with Crippen molar-refractivity contribution in [2.75, 3.05) is 6.61 Å². The van der Waals surface area contributed by atoms with E-state index in [9.17, 15) is 0 Å². The van der Waals surface area contributed by atoms with E-state index in [1.807, 2.05) is 25.1 Å². The Hall–Kier alpha value is -1.52. The normalized spacial score (nSPS) is 10.2. The molecule has 0 N–H and O–H groups in total. The molecule has 0 bridgehead atoms. The van der Waals surface area contributed by atoms with Crippen molar-refractivity contribution >= 4 is 23.2 Å². The summed E-state index contributed by atoms with van der Waals surface area (Å²) < 4.78 is 11.1. The maximum Gasteiger partial charge on any atom is 0.194 e. The predicted molar refractivity (Wildman–Crippen MR) is 69.7 cm³/mol. The lowest BCUT2D eigenvalue weighted by Crippen LogP contribution is -1.96. The Balaban J connectivity index is 2.30. The first-order valence-electron chi connectivity index (χ1n) is 5.29. The minimum absolute atomic E-state index is 0.144. The van der Waals surface area contributed by atoms with Gasteiger partial charge in [-0.2, -0.15) is 0 Å². The molecule has 2 aromatic rings. The number of para-hydroxylation sites is 2. The van der Waals surface area contributed by atoms with E-state index in [1.165, 1.54) is 6.07 Å². The Morgan fingerprint density at radius 1 is 1.06 bits per heavy atom. The third-order valence-corrected chi connectivity index (χ3v) is 2.50. The van der Waals surface area contributed by atoms with E-state index < -0.39 is 0 Å². The minimum Gasteiger partial charge on any atom is -0.490 e. The molecule has 0 fully saturated rings. The maximum atomic E-state index is 5.88. The molecule has 1 aromatic heterocycles. The van der Waals surface area contributed by atoms with Crippen LogP contribution >= 0.6 is 23.2 Å². The second-order valence-corrected chi connectivity index (χ2v) is 4.05. The van der Waals surface area contributed by atoms with Crippen molar-refractivity contribution in [2.45, 2.75) is 6.92 Å². The minimum atomic E-state index is 0.144. The summed E-state index contributed by atoms with van der Waals surface area (Å²) in [4.78, 5) is 0. The molecule has 0 aliphatic rings. The molecule has 18 heavy (non-hydrogen) atoms. The molecule has 0 radical (unpaired) electrons. The molecule has 0 aliphatic heterocycles. The second-order valence-electron chi connectivity index (χ2n) is 3.30. The van der Waals surface area contributed by atoms with E-state index in [0.29, 0.717) is 23.9 Å². The van der Waals surface area contributed by atoms with Crippen molar-refractivity contribution in [3.8, 4) is 17.2 Å². The molecule has 4 nitrogen and oxygen atoms in total. The highest BCUT2D eigenvalue weighted by Crippen LogP contribution is 2.34. The van der Waals surface area contributed by atoms with Crippen LogP contribution in [0.15, 0.2) is 30.3 Å². The molecule has 1 heterocycles. The Morgan fingerprint density at radius 2 is 1.78 bits per heavy atom. The van der Waals surface area contributed by atoms with Crippen LogP contribution in [0.25, 0.3) is 0 Å². The van der Waals surface area contributed by atoms with Crippen LogP contribution in [0.4, 0.5) is 0 Å². The van der Waals surface area contributed by atoms with Crippen molar-refractivity contribution in [2.24, 2.45) is 0 Å². The van der Waals surface area contributed by atoms with Gasteiger partial charge < -0.3 is 9.47 Å². The summed E-state index contributed by atoms with van der Waals surface area (Å²) in [6.45, 7) is 2.44. The van der Waals surface area contributed by atoms with Gasteiger partial charge in [-0.05, 0) is 19.1 Å². The fourth-order valence-corrected chi connectivity index (χ4v) is 1.60. The fraction of sp³-hybridized carbons (Fsp3) is 0.167. The van der Waals surface area contributed by atoms with E-state index >= 15 is 0 Å². The lowest BCUT2D eigenvalue weighted by Gasteiger charge is -2.11. The number of halogens is 2. The van der Waals surface area contributed by atoms with Crippen molar-refractivity contribution in [1.29, 1.82) is 0 Å². The molecule has 0 spiro atoms. The van der Waals surface area contributed by atoms with Gasteiger partial charge in [0.1, 0.15) is 0 Å². The molecule has 94 valence electrons. The highest BCUT2D eigenvalue weighted by molar-refractivity contribution is 6.32. The van der Waals surface area contributed by atoms with E-state index in [0.717, 1.165) is 0 Å². The first kappa shape index (κ1) is 12.9. The van der Waals surface area contributed by atoms with Gasteiger partial charge in [-0.3, -0.25) is 0 Å². The van der Waals surface area contributed by atoms with Crippen LogP contribution in [0.3, 0.4) is 0 Å². The molecule has 0 aliphatic carbocycles. The smallest absolute Gasteiger partial charge is 0.194 e. The Morgan fingerprint density at radius 3 is 2.50 bits per heavy atom. The zero-order chi connectivity index (χ0) is 13.0. The Kier molecular flexibility index (Phi) is 4.23. The monoisotopic (exact) mass is 284 g/mol. The zero-order valence-electron chi connectivity index (χ0n) is 9.56. The summed E-state index contributed by atoms with van der Waals surface area (Å²) in [5, 5.41) is 7.64. The predicted octanol–water partition coefficient (Wildman–Crippen LogP) is 3.97. The average molecular weight is 285 g/mol. The van der Waals surface area contributed by atoms with Gasteiger partial charge in [0.15, 0.2) is 27.6 Å². The van der Waals surface area contributed by atoms with Gasteiger partial charge in [0.2, 0.25) is 0 Å². The Bertz CT molecular complexity index is 549. The van der Waals surface area contributed by atoms with Gasteiger partial charge in [0, 0.05) is 6.07 Å². The van der Waals surface area contributed by atoms with Crippen molar-refractivity contribution in [3.05, 3.63) is 40.6 Å². The number of hydrogen-bond acceptors (Lipinski definition) is 4. The summed E-state index contributed by atoms with van der Waals surface area (Å²) in [7, 11) is 0. The largest absolute Gasteiger partial charge is 0.490 e. The molecular formula is C12H10Cl2N2O2. The number of ether oxygens (including phenoxy) is 2. The fourth-order valence-electron chi connectivity index (χ4n) is 1.34. The average Bonchev–Trinajstić information content (AvgIpc) is 2.36. The highest BCUT2D eigenvalue weighted by atomic mass is 35.5. The van der Waals surface area contributed by atoms with Gasteiger partial charge >= 0.3 is 0 Å². The van der Waals surface area contributed by atoms with E-state index in [2.05, 4.69) is 10.2 Å². The first-order valence-corrected chi connectivity index (χ1v) is 6.04. The third kappa shape index (κ3) is 3.03. The standard InChI is InChI=1S/C12H10Cl2N2O2/c1-2-17-8-5-3-4-6-9(8)18-10-7-11(13)15-16-12(10)14/h3-7H,2H2,1H3. The lowest BCUT2D eigenvalue weighted by atomic mass is 10.3. The van der Waals surface area contributed by atoms with Gasteiger partial charge in [-0.25, -0.2) is 0 Å². The van der Waals surface area contributed by atoms with E-state index in [4.69, 9.17) is 32.7 Å². The summed E-state index contributed by atoms with van der Waals surface area (Å²) >= 11 is 11.6. The summed E-state index contributed by atoms with van der Waals surface area (Å²) in [5.41, 5.74) is 0. The van der Waals surface area contributed by atoms with Gasteiger partial charge in [0.05, 0.1) is 6.61 Å². The quantitative estimate of drug-likeness (QED) is 0.852. The highest BCUT2D eigenvalue weighted by Gasteiger charge is 2.10. The molecular weight excluding hydrogens is 275 g/mol. The SMILES string of the molecule is CCOc1ccccc1Oc1cc(Cl)nnc1Cl. The van der Waals surface area contributed by atoms with Crippen LogP contribution in [0, 0.1) is 0 Å². The lowest BCUT2D eigenvalue weighted by molar-refractivity contribution is 0.321. The zero-order valence-corrected chi connectivity index (χ0v) is 11.1. The molecule has 0 unspecified atom stereocenters.